The lowest BCUT2D eigenvalue weighted by Crippen LogP contribution is -2.35. The molecule has 0 saturated carbocycles. The van der Waals surface area contributed by atoms with Crippen molar-refractivity contribution >= 4 is 22.6 Å². The molecule has 4 rings (SSSR count). The second kappa shape index (κ2) is 8.30. The van der Waals surface area contributed by atoms with Crippen LogP contribution < -0.4 is 5.43 Å². The summed E-state index contributed by atoms with van der Waals surface area (Å²) in [5.41, 5.74) is 2.29. The molecular formula is C23H24ClNO5. The predicted molar refractivity (Wildman–Crippen MR) is 116 cm³/mol. The summed E-state index contributed by atoms with van der Waals surface area (Å²) in [7, 11) is 0. The summed E-state index contributed by atoms with van der Waals surface area (Å²) in [6, 6.07) is 8.18. The molecule has 0 unspecified atom stereocenters. The fraction of sp³-hybridized carbons (Fsp3) is 0.348. The third-order valence-corrected chi connectivity index (χ3v) is 6.10. The fourth-order valence-corrected chi connectivity index (χ4v) is 4.40. The minimum absolute atomic E-state index is 0.0391. The smallest absolute Gasteiger partial charge is 0.235 e. The van der Waals surface area contributed by atoms with Crippen LogP contribution in [0.1, 0.15) is 29.9 Å². The molecule has 0 aliphatic carbocycles. The number of aliphatic hydroxyl groups is 1. The number of hydrogen-bond donors (Lipinski definition) is 3. The van der Waals surface area contributed by atoms with Crippen LogP contribution in [-0.2, 0) is 0 Å². The van der Waals surface area contributed by atoms with Crippen LogP contribution in [0.25, 0.3) is 22.3 Å². The van der Waals surface area contributed by atoms with Crippen LogP contribution in [0.4, 0.5) is 0 Å². The summed E-state index contributed by atoms with van der Waals surface area (Å²) in [5, 5.41) is 29.9. The molecule has 7 heteroatoms. The standard InChI is InChI=1S/C23H24ClNO5/c1-13-10-16(14-4-6-25(7-5-14)8-9-26)23-17(11-13)20(28)21(29)22(30-23)15-2-3-19(27)18(24)12-15/h2-3,10-12,14,26-27,29H,4-9H2,1H3. The normalized spacial score (nSPS) is 15.7. The van der Waals surface area contributed by atoms with Gasteiger partial charge in [-0.3, -0.25) is 4.79 Å². The molecule has 0 spiro atoms. The molecule has 1 aliphatic heterocycles. The lowest BCUT2D eigenvalue weighted by molar-refractivity contribution is 0.164. The van der Waals surface area contributed by atoms with Crippen molar-refractivity contribution in [2.24, 2.45) is 0 Å². The number of piperidine rings is 1. The van der Waals surface area contributed by atoms with Gasteiger partial charge >= 0.3 is 0 Å². The van der Waals surface area contributed by atoms with Gasteiger partial charge in [-0.15, -0.1) is 0 Å². The van der Waals surface area contributed by atoms with E-state index in [4.69, 9.17) is 16.0 Å². The molecule has 0 bridgehead atoms. The van der Waals surface area contributed by atoms with Gasteiger partial charge in [0.15, 0.2) is 5.76 Å². The zero-order chi connectivity index (χ0) is 21.4. The molecule has 158 valence electrons. The Bertz CT molecular complexity index is 1150. The summed E-state index contributed by atoms with van der Waals surface area (Å²) in [6.45, 7) is 4.46. The van der Waals surface area contributed by atoms with Crippen LogP contribution in [0.3, 0.4) is 0 Å². The van der Waals surface area contributed by atoms with Crippen molar-refractivity contribution in [1.29, 1.82) is 0 Å². The molecule has 1 saturated heterocycles. The second-order valence-electron chi connectivity index (χ2n) is 7.85. The molecule has 1 aliphatic rings. The number of rotatable bonds is 4. The maximum Gasteiger partial charge on any atom is 0.235 e. The van der Waals surface area contributed by atoms with Gasteiger partial charge in [-0.05, 0) is 74.2 Å². The molecule has 1 fully saturated rings. The number of phenolic OH excluding ortho intramolecular Hbond substituents is 1. The lowest BCUT2D eigenvalue weighted by atomic mass is 9.87. The molecular weight excluding hydrogens is 406 g/mol. The first-order chi connectivity index (χ1) is 14.4. The summed E-state index contributed by atoms with van der Waals surface area (Å²) in [4.78, 5) is 15.2. The highest BCUT2D eigenvalue weighted by atomic mass is 35.5. The molecule has 1 aromatic heterocycles. The number of β-amino-alcohol motifs (C(OH)–C–C–N with tert-alkyl or cyclic N) is 1. The van der Waals surface area contributed by atoms with Crippen LogP contribution in [-0.4, -0.2) is 46.5 Å². The Kier molecular flexibility index (Phi) is 5.73. The van der Waals surface area contributed by atoms with E-state index in [0.29, 0.717) is 23.1 Å². The van der Waals surface area contributed by atoms with E-state index in [9.17, 15) is 20.1 Å². The molecule has 3 N–H and O–H groups in total. The number of aryl methyl sites for hydroxylation is 1. The molecule has 2 aromatic carbocycles. The Morgan fingerprint density at radius 3 is 2.57 bits per heavy atom. The van der Waals surface area contributed by atoms with Gasteiger partial charge in [0.2, 0.25) is 11.2 Å². The molecule has 30 heavy (non-hydrogen) atoms. The topological polar surface area (TPSA) is 94.1 Å². The maximum absolute atomic E-state index is 13.0. The lowest BCUT2D eigenvalue weighted by Gasteiger charge is -2.32. The summed E-state index contributed by atoms with van der Waals surface area (Å²) >= 11 is 6.01. The zero-order valence-corrected chi connectivity index (χ0v) is 17.4. The van der Waals surface area contributed by atoms with Crippen LogP contribution in [0.5, 0.6) is 11.5 Å². The number of aliphatic hydroxyl groups excluding tert-OH is 1. The van der Waals surface area contributed by atoms with Gasteiger partial charge < -0.3 is 24.6 Å². The van der Waals surface area contributed by atoms with Crippen molar-refractivity contribution in [2.45, 2.75) is 25.7 Å². The van der Waals surface area contributed by atoms with Crippen LogP contribution in [0, 0.1) is 6.92 Å². The number of halogens is 1. The number of likely N-dealkylation sites (tertiary alicyclic amines) is 1. The first-order valence-electron chi connectivity index (χ1n) is 10.0. The Balaban J connectivity index is 1.84. The van der Waals surface area contributed by atoms with Crippen LogP contribution >= 0.6 is 11.6 Å². The Morgan fingerprint density at radius 2 is 1.90 bits per heavy atom. The Labute approximate surface area is 178 Å². The van der Waals surface area contributed by atoms with E-state index in [-0.39, 0.29) is 29.1 Å². The Morgan fingerprint density at radius 1 is 1.17 bits per heavy atom. The summed E-state index contributed by atoms with van der Waals surface area (Å²) in [5.74, 6) is -0.309. The molecule has 6 nitrogen and oxygen atoms in total. The van der Waals surface area contributed by atoms with Gasteiger partial charge in [-0.2, -0.15) is 0 Å². The van der Waals surface area contributed by atoms with Gasteiger partial charge in [0, 0.05) is 12.1 Å². The summed E-state index contributed by atoms with van der Waals surface area (Å²) < 4.78 is 6.12. The van der Waals surface area contributed by atoms with Crippen LogP contribution in [0.2, 0.25) is 5.02 Å². The van der Waals surface area contributed by atoms with Gasteiger partial charge in [-0.25, -0.2) is 0 Å². The van der Waals surface area contributed by atoms with Crippen LogP contribution in [0.15, 0.2) is 39.5 Å². The molecule has 0 amide bonds. The van der Waals surface area contributed by atoms with Crippen molar-refractivity contribution in [1.82, 2.24) is 4.90 Å². The highest BCUT2D eigenvalue weighted by Gasteiger charge is 2.25. The number of aromatic hydroxyl groups is 2. The van der Waals surface area contributed by atoms with Crippen molar-refractivity contribution < 1.29 is 19.7 Å². The quantitative estimate of drug-likeness (QED) is 0.580. The highest BCUT2D eigenvalue weighted by Crippen LogP contribution is 2.38. The van der Waals surface area contributed by atoms with E-state index >= 15 is 0 Å². The van der Waals surface area contributed by atoms with E-state index in [2.05, 4.69) is 4.90 Å². The number of fused-ring (bicyclic) bond motifs is 1. The zero-order valence-electron chi connectivity index (χ0n) is 16.7. The van der Waals surface area contributed by atoms with Gasteiger partial charge in [0.1, 0.15) is 11.3 Å². The van der Waals surface area contributed by atoms with E-state index in [1.807, 2.05) is 13.0 Å². The SMILES string of the molecule is Cc1cc(C2CCN(CCO)CC2)c2oc(-c3ccc(O)c(Cl)c3)c(O)c(=O)c2c1. The first-order valence-corrected chi connectivity index (χ1v) is 10.4. The van der Waals surface area contributed by atoms with E-state index in [1.165, 1.54) is 12.1 Å². The molecule has 2 heterocycles. The second-order valence-corrected chi connectivity index (χ2v) is 8.25. The van der Waals surface area contributed by atoms with Crippen molar-refractivity contribution in [3.05, 3.63) is 56.7 Å². The monoisotopic (exact) mass is 429 g/mol. The number of phenols is 1. The largest absolute Gasteiger partial charge is 0.506 e. The van der Waals surface area contributed by atoms with Gasteiger partial charge in [0.05, 0.1) is 17.0 Å². The third kappa shape index (κ3) is 3.78. The predicted octanol–water partition coefficient (Wildman–Crippen LogP) is 4.00. The van der Waals surface area contributed by atoms with Gasteiger partial charge in [-0.1, -0.05) is 17.7 Å². The van der Waals surface area contributed by atoms with Gasteiger partial charge in [0.25, 0.3) is 0 Å². The first kappa shape index (κ1) is 20.7. The Hall–Kier alpha value is -2.54. The number of hydrogen-bond acceptors (Lipinski definition) is 6. The molecule has 0 atom stereocenters. The summed E-state index contributed by atoms with van der Waals surface area (Å²) in [6.07, 6.45) is 1.78. The van der Waals surface area contributed by atoms with E-state index in [0.717, 1.165) is 37.1 Å². The van der Waals surface area contributed by atoms with E-state index < -0.39 is 11.2 Å². The van der Waals surface area contributed by atoms with Crippen molar-refractivity contribution in [3.63, 3.8) is 0 Å². The minimum atomic E-state index is -0.488. The highest BCUT2D eigenvalue weighted by molar-refractivity contribution is 6.32. The molecule has 3 aromatic rings. The number of nitrogens with zero attached hydrogens (tertiary/aromatic N) is 1. The number of benzene rings is 2. The fourth-order valence-electron chi connectivity index (χ4n) is 4.22. The average molecular weight is 430 g/mol. The molecule has 0 radical (unpaired) electrons. The van der Waals surface area contributed by atoms with Crippen molar-refractivity contribution in [2.75, 3.05) is 26.2 Å². The minimum Gasteiger partial charge on any atom is -0.506 e. The maximum atomic E-state index is 13.0. The van der Waals surface area contributed by atoms with E-state index in [1.54, 1.807) is 12.1 Å². The van der Waals surface area contributed by atoms with Crippen molar-refractivity contribution in [3.8, 4) is 22.8 Å². The third-order valence-electron chi connectivity index (χ3n) is 5.79. The average Bonchev–Trinajstić information content (AvgIpc) is 2.73.